The Kier molecular flexibility index (Phi) is 7.79. The first-order valence-electron chi connectivity index (χ1n) is 6.99. The van der Waals surface area contributed by atoms with Crippen LogP contribution in [0.1, 0.15) is 41.5 Å². The molecule has 0 aromatic carbocycles. The molecule has 2 unspecified atom stereocenters. The highest BCUT2D eigenvalue weighted by molar-refractivity contribution is 5.82. The number of carbonyl (C=O) groups is 2. The molecule has 0 saturated carbocycles. The van der Waals surface area contributed by atoms with E-state index in [1.54, 1.807) is 0 Å². The highest BCUT2D eigenvalue weighted by atomic mass is 16.7. The molecule has 0 aliphatic heterocycles. The lowest BCUT2D eigenvalue weighted by molar-refractivity contribution is -0.174. The van der Waals surface area contributed by atoms with Crippen molar-refractivity contribution >= 4 is 11.9 Å². The predicted octanol–water partition coefficient (Wildman–Crippen LogP) is 2.63. The van der Waals surface area contributed by atoms with E-state index in [2.05, 4.69) is 0 Å². The van der Waals surface area contributed by atoms with Crippen LogP contribution in [0.25, 0.3) is 0 Å². The van der Waals surface area contributed by atoms with Gasteiger partial charge in [-0.05, 0) is 18.3 Å². The van der Waals surface area contributed by atoms with Crippen LogP contribution in [0.2, 0.25) is 0 Å². The van der Waals surface area contributed by atoms with Crippen molar-refractivity contribution in [1.29, 1.82) is 0 Å². The monoisotopic (exact) mass is 288 g/mol. The van der Waals surface area contributed by atoms with Crippen molar-refractivity contribution in [2.24, 2.45) is 23.2 Å². The summed E-state index contributed by atoms with van der Waals surface area (Å²) in [4.78, 5) is 24.3. The maximum Gasteiger partial charge on any atom is 0.312 e. The summed E-state index contributed by atoms with van der Waals surface area (Å²) in [7, 11) is 1.34. The predicted molar refractivity (Wildman–Crippen MR) is 75.9 cm³/mol. The van der Waals surface area contributed by atoms with Crippen molar-refractivity contribution in [3.8, 4) is 0 Å². The SMILES string of the molecule is CCOCOC(=O)C(C(C)C)C(C(=O)OC)C(C)(C)C. The van der Waals surface area contributed by atoms with Crippen LogP contribution in [0.3, 0.4) is 0 Å². The molecule has 5 heteroatoms. The number of carbonyl (C=O) groups excluding carboxylic acids is 2. The first-order chi connectivity index (χ1) is 9.16. The van der Waals surface area contributed by atoms with E-state index >= 15 is 0 Å². The maximum atomic E-state index is 12.3. The summed E-state index contributed by atoms with van der Waals surface area (Å²) in [6, 6.07) is 0. The van der Waals surface area contributed by atoms with E-state index in [4.69, 9.17) is 14.2 Å². The Hall–Kier alpha value is -1.10. The zero-order valence-electron chi connectivity index (χ0n) is 13.7. The van der Waals surface area contributed by atoms with Crippen LogP contribution in [0.4, 0.5) is 0 Å². The van der Waals surface area contributed by atoms with E-state index < -0.39 is 23.2 Å². The molecule has 0 aliphatic carbocycles. The number of esters is 2. The van der Waals surface area contributed by atoms with Crippen LogP contribution in [0.5, 0.6) is 0 Å². The van der Waals surface area contributed by atoms with Gasteiger partial charge in [-0.1, -0.05) is 34.6 Å². The van der Waals surface area contributed by atoms with Gasteiger partial charge in [0.05, 0.1) is 18.9 Å². The second-order valence-corrected chi connectivity index (χ2v) is 6.21. The fourth-order valence-electron chi connectivity index (χ4n) is 2.24. The minimum Gasteiger partial charge on any atom is -0.469 e. The average molecular weight is 288 g/mol. The molecule has 20 heavy (non-hydrogen) atoms. The number of hydrogen-bond acceptors (Lipinski definition) is 5. The van der Waals surface area contributed by atoms with Gasteiger partial charge < -0.3 is 14.2 Å². The summed E-state index contributed by atoms with van der Waals surface area (Å²) in [6.45, 7) is 11.7. The molecule has 0 amide bonds. The van der Waals surface area contributed by atoms with Crippen molar-refractivity contribution in [2.75, 3.05) is 20.5 Å². The summed E-state index contributed by atoms with van der Waals surface area (Å²) in [6.07, 6.45) is 0. The molecular weight excluding hydrogens is 260 g/mol. The Labute approximate surface area is 122 Å². The Morgan fingerprint density at radius 1 is 1.10 bits per heavy atom. The van der Waals surface area contributed by atoms with Crippen molar-refractivity contribution in [3.05, 3.63) is 0 Å². The Balaban J connectivity index is 5.19. The van der Waals surface area contributed by atoms with Crippen LogP contribution < -0.4 is 0 Å². The van der Waals surface area contributed by atoms with E-state index in [1.807, 2.05) is 41.5 Å². The number of ether oxygens (including phenoxy) is 3. The molecular formula is C15H28O5. The highest BCUT2D eigenvalue weighted by Crippen LogP contribution is 2.37. The summed E-state index contributed by atoms with van der Waals surface area (Å²) in [5, 5.41) is 0. The normalized spacial score (nSPS) is 14.8. The zero-order chi connectivity index (χ0) is 15.9. The fraction of sp³-hybridized carbons (Fsp3) is 0.867. The summed E-state index contributed by atoms with van der Waals surface area (Å²) >= 11 is 0. The van der Waals surface area contributed by atoms with Gasteiger partial charge in [-0.2, -0.15) is 0 Å². The van der Waals surface area contributed by atoms with Gasteiger partial charge in [0, 0.05) is 6.61 Å². The molecule has 5 nitrogen and oxygen atoms in total. The van der Waals surface area contributed by atoms with Crippen LogP contribution in [0.15, 0.2) is 0 Å². The van der Waals surface area contributed by atoms with Crippen molar-refractivity contribution in [1.82, 2.24) is 0 Å². The third kappa shape index (κ3) is 5.49. The second-order valence-electron chi connectivity index (χ2n) is 6.21. The van der Waals surface area contributed by atoms with Crippen molar-refractivity contribution in [2.45, 2.75) is 41.5 Å². The molecule has 0 aromatic heterocycles. The van der Waals surface area contributed by atoms with Crippen molar-refractivity contribution < 1.29 is 23.8 Å². The molecule has 0 spiro atoms. The molecule has 0 heterocycles. The van der Waals surface area contributed by atoms with Crippen LogP contribution in [-0.4, -0.2) is 32.4 Å². The number of methoxy groups -OCH3 is 1. The molecule has 0 bridgehead atoms. The van der Waals surface area contributed by atoms with Gasteiger partial charge in [-0.3, -0.25) is 9.59 Å². The van der Waals surface area contributed by atoms with Gasteiger partial charge in [0.1, 0.15) is 0 Å². The van der Waals surface area contributed by atoms with Gasteiger partial charge >= 0.3 is 11.9 Å². The second kappa shape index (κ2) is 8.25. The minimum absolute atomic E-state index is 0.0348. The smallest absolute Gasteiger partial charge is 0.312 e. The average Bonchev–Trinajstić information content (AvgIpc) is 2.33. The van der Waals surface area contributed by atoms with Gasteiger partial charge in [0.25, 0.3) is 0 Å². The first kappa shape index (κ1) is 18.9. The topological polar surface area (TPSA) is 61.8 Å². The largest absolute Gasteiger partial charge is 0.469 e. The molecule has 0 aromatic rings. The number of hydrogen-bond donors (Lipinski definition) is 0. The lowest BCUT2D eigenvalue weighted by Gasteiger charge is -2.35. The molecule has 0 aliphatic rings. The first-order valence-corrected chi connectivity index (χ1v) is 6.99. The van der Waals surface area contributed by atoms with E-state index in [9.17, 15) is 9.59 Å². The zero-order valence-corrected chi connectivity index (χ0v) is 13.7. The molecule has 0 saturated heterocycles. The van der Waals surface area contributed by atoms with Gasteiger partial charge in [0.15, 0.2) is 6.79 Å². The Morgan fingerprint density at radius 3 is 2.00 bits per heavy atom. The van der Waals surface area contributed by atoms with Crippen LogP contribution in [-0.2, 0) is 23.8 Å². The molecule has 0 N–H and O–H groups in total. The molecule has 2 atom stereocenters. The minimum atomic E-state index is -0.554. The van der Waals surface area contributed by atoms with Gasteiger partial charge in [0.2, 0.25) is 0 Å². The summed E-state index contributed by atoms with van der Waals surface area (Å²) in [5.41, 5.74) is -0.396. The molecule has 0 fully saturated rings. The molecule has 0 rings (SSSR count). The summed E-state index contributed by atoms with van der Waals surface area (Å²) < 4.78 is 15.0. The van der Waals surface area contributed by atoms with Crippen molar-refractivity contribution in [3.63, 3.8) is 0 Å². The van der Waals surface area contributed by atoms with E-state index in [-0.39, 0.29) is 18.7 Å². The molecule has 0 radical (unpaired) electrons. The van der Waals surface area contributed by atoms with E-state index in [0.717, 1.165) is 0 Å². The lowest BCUT2D eigenvalue weighted by atomic mass is 9.69. The maximum absolute atomic E-state index is 12.3. The fourth-order valence-corrected chi connectivity index (χ4v) is 2.24. The van der Waals surface area contributed by atoms with Gasteiger partial charge in [-0.15, -0.1) is 0 Å². The highest BCUT2D eigenvalue weighted by Gasteiger charge is 2.44. The van der Waals surface area contributed by atoms with E-state index in [1.165, 1.54) is 7.11 Å². The Bertz CT molecular complexity index is 317. The van der Waals surface area contributed by atoms with Crippen LogP contribution in [0, 0.1) is 23.2 Å². The third-order valence-corrected chi connectivity index (χ3v) is 3.23. The lowest BCUT2D eigenvalue weighted by Crippen LogP contribution is -2.43. The van der Waals surface area contributed by atoms with Crippen LogP contribution >= 0.6 is 0 Å². The Morgan fingerprint density at radius 2 is 1.65 bits per heavy atom. The standard InChI is InChI=1S/C15H28O5/c1-8-19-9-20-13(16)11(10(2)3)12(14(17)18-7)15(4,5)6/h10-12H,8-9H2,1-7H3. The number of rotatable bonds is 7. The third-order valence-electron chi connectivity index (χ3n) is 3.23. The quantitative estimate of drug-likeness (QED) is 0.409. The van der Waals surface area contributed by atoms with Gasteiger partial charge in [-0.25, -0.2) is 0 Å². The summed E-state index contributed by atoms with van der Waals surface area (Å²) in [5.74, 6) is -1.94. The van der Waals surface area contributed by atoms with E-state index in [0.29, 0.717) is 6.61 Å². The molecule has 118 valence electrons.